The third-order valence-corrected chi connectivity index (χ3v) is 7.01. The molecule has 4 atom stereocenters. The quantitative estimate of drug-likeness (QED) is 0.238. The number of hydrogen-bond donors (Lipinski definition) is 0. The van der Waals surface area contributed by atoms with Gasteiger partial charge in [0.1, 0.15) is 17.2 Å². The molecule has 2 aromatic rings. The van der Waals surface area contributed by atoms with Gasteiger partial charge in [0.2, 0.25) is 0 Å². The molecule has 2 rings (SSSR count). The van der Waals surface area contributed by atoms with E-state index >= 15 is 0 Å². The zero-order valence-corrected chi connectivity index (χ0v) is 25.4. The standard InChI is InChI=1S/C28H41O7P.Li.H/c1-16-12-21(28(6,7)8)13-17(2)25(16)27(29)36-26-23(34-19(4)31-10)14-22(33-18(3)30-9)15-24(26)35-20(5)32-11;;/h12-15,18-20,36H,1-11H3;;/q;+1;-1. The molecule has 7 nitrogen and oxygen atoms in total. The molecule has 9 heteroatoms. The number of carbonyl (C=O) groups is 1. The molecule has 0 heterocycles. The van der Waals surface area contributed by atoms with E-state index in [2.05, 4.69) is 32.9 Å². The molecule has 0 aliphatic rings. The Kier molecular flexibility index (Phi) is 13.1. The van der Waals surface area contributed by atoms with E-state index in [0.717, 1.165) is 11.1 Å². The van der Waals surface area contributed by atoms with E-state index < -0.39 is 18.9 Å². The Morgan fingerprint density at radius 1 is 0.784 bits per heavy atom. The third-order valence-electron chi connectivity index (χ3n) is 5.79. The fourth-order valence-electron chi connectivity index (χ4n) is 3.57. The van der Waals surface area contributed by atoms with Gasteiger partial charge in [-0.1, -0.05) is 32.9 Å². The molecule has 0 amide bonds. The van der Waals surface area contributed by atoms with Gasteiger partial charge in [-0.15, -0.1) is 0 Å². The number of hydrogen-bond acceptors (Lipinski definition) is 7. The Balaban J connectivity index is 0.00000684. The van der Waals surface area contributed by atoms with Crippen LogP contribution >= 0.6 is 8.58 Å². The van der Waals surface area contributed by atoms with Gasteiger partial charge in [0.15, 0.2) is 24.4 Å². The largest absolute Gasteiger partial charge is 1.00 e. The summed E-state index contributed by atoms with van der Waals surface area (Å²) < 4.78 is 33.9. The Hall–Kier alpha value is -1.58. The average Bonchev–Trinajstić information content (AvgIpc) is 2.79. The van der Waals surface area contributed by atoms with Crippen LogP contribution in [0.2, 0.25) is 0 Å². The summed E-state index contributed by atoms with van der Waals surface area (Å²) in [5.74, 6) is 1.36. The predicted octanol–water partition coefficient (Wildman–Crippen LogP) is 2.98. The molecule has 0 fully saturated rings. The van der Waals surface area contributed by atoms with Crippen molar-refractivity contribution in [3.63, 3.8) is 0 Å². The van der Waals surface area contributed by atoms with Gasteiger partial charge in [0, 0.05) is 39.0 Å². The molecule has 0 saturated carbocycles. The molecule has 0 aliphatic heterocycles. The molecule has 202 valence electrons. The summed E-state index contributed by atoms with van der Waals surface area (Å²) in [5.41, 5.74) is 3.80. The average molecular weight is 529 g/mol. The number of rotatable bonds is 12. The van der Waals surface area contributed by atoms with Crippen LogP contribution < -0.4 is 38.4 Å². The van der Waals surface area contributed by atoms with Crippen LogP contribution in [0.1, 0.15) is 70.0 Å². The topological polar surface area (TPSA) is 72.5 Å². The fraction of sp³-hybridized carbons (Fsp3) is 0.536. The van der Waals surface area contributed by atoms with Gasteiger partial charge in [0.05, 0.1) is 5.30 Å². The van der Waals surface area contributed by atoms with E-state index in [1.54, 1.807) is 54.2 Å². The smallest absolute Gasteiger partial charge is 1.00 e. The second kappa shape index (κ2) is 14.5. The van der Waals surface area contributed by atoms with Crippen LogP contribution in [-0.2, 0) is 19.6 Å². The Labute approximate surface area is 237 Å². The molecule has 0 aromatic heterocycles. The minimum atomic E-state index is -0.555. The van der Waals surface area contributed by atoms with Gasteiger partial charge in [0.25, 0.3) is 0 Å². The van der Waals surface area contributed by atoms with Crippen LogP contribution in [0.5, 0.6) is 17.2 Å². The summed E-state index contributed by atoms with van der Waals surface area (Å²) in [6.45, 7) is 15.8. The van der Waals surface area contributed by atoms with Crippen LogP contribution in [0.15, 0.2) is 24.3 Å². The maximum absolute atomic E-state index is 13.7. The van der Waals surface area contributed by atoms with Crippen molar-refractivity contribution in [2.24, 2.45) is 0 Å². The molecular formula is C28H42LiO7P. The van der Waals surface area contributed by atoms with Crippen molar-refractivity contribution < 1.29 is 53.5 Å². The first-order valence-corrected chi connectivity index (χ1v) is 13.0. The molecule has 0 bridgehead atoms. The summed E-state index contributed by atoms with van der Waals surface area (Å²) in [6.07, 6.45) is -1.60. The predicted molar refractivity (Wildman–Crippen MR) is 146 cm³/mol. The first kappa shape index (κ1) is 33.4. The molecule has 4 unspecified atom stereocenters. The second-order valence-electron chi connectivity index (χ2n) is 9.75. The Bertz CT molecular complexity index is 1000. The number of carbonyl (C=O) groups excluding carboxylic acids is 1. The van der Waals surface area contributed by atoms with Crippen molar-refractivity contribution in [2.45, 2.75) is 79.7 Å². The summed E-state index contributed by atoms with van der Waals surface area (Å²) in [7, 11) is 4.41. The van der Waals surface area contributed by atoms with Crippen LogP contribution in [0.4, 0.5) is 0 Å². The molecule has 0 N–H and O–H groups in total. The van der Waals surface area contributed by atoms with Crippen molar-refractivity contribution >= 4 is 19.4 Å². The van der Waals surface area contributed by atoms with E-state index in [-0.39, 0.29) is 39.8 Å². The molecular weight excluding hydrogens is 486 g/mol. The van der Waals surface area contributed by atoms with E-state index in [9.17, 15) is 4.79 Å². The van der Waals surface area contributed by atoms with Crippen molar-refractivity contribution in [2.75, 3.05) is 21.3 Å². The summed E-state index contributed by atoms with van der Waals surface area (Å²) in [6, 6.07) is 7.66. The summed E-state index contributed by atoms with van der Waals surface area (Å²) in [4.78, 5) is 13.7. The molecule has 0 saturated heterocycles. The van der Waals surface area contributed by atoms with Crippen LogP contribution in [0.25, 0.3) is 0 Å². The summed E-state index contributed by atoms with van der Waals surface area (Å²) >= 11 is 0. The van der Waals surface area contributed by atoms with E-state index in [1.165, 1.54) is 5.56 Å². The van der Waals surface area contributed by atoms with Crippen LogP contribution in [0.3, 0.4) is 0 Å². The fourth-order valence-corrected chi connectivity index (χ4v) is 4.82. The summed E-state index contributed by atoms with van der Waals surface area (Å²) in [5, 5.41) is 0.615. The van der Waals surface area contributed by atoms with Crippen molar-refractivity contribution in [1.29, 1.82) is 0 Å². The van der Waals surface area contributed by atoms with E-state index in [1.807, 2.05) is 13.8 Å². The first-order valence-electron chi connectivity index (χ1n) is 12.0. The Morgan fingerprint density at radius 3 is 1.57 bits per heavy atom. The first-order chi connectivity index (χ1) is 16.8. The van der Waals surface area contributed by atoms with Gasteiger partial charge in [-0.25, -0.2) is 0 Å². The van der Waals surface area contributed by atoms with Gasteiger partial charge in [-0.3, -0.25) is 4.79 Å². The van der Waals surface area contributed by atoms with Crippen LogP contribution in [0, 0.1) is 13.8 Å². The van der Waals surface area contributed by atoms with Crippen molar-refractivity contribution in [3.05, 3.63) is 46.5 Å². The zero-order chi connectivity index (χ0) is 27.2. The SMILES string of the molecule is COC(C)Oc1cc(OC(C)OC)c(PC(=O)c2c(C)cc(C(C)(C)C)cc2C)c(OC(C)OC)c1.[H-].[Li+]. The molecule has 0 spiro atoms. The van der Waals surface area contributed by atoms with Gasteiger partial charge >= 0.3 is 18.9 Å². The number of methoxy groups -OCH3 is 3. The van der Waals surface area contributed by atoms with E-state index in [0.29, 0.717) is 28.1 Å². The van der Waals surface area contributed by atoms with Gasteiger partial charge in [-0.2, -0.15) is 0 Å². The minimum Gasteiger partial charge on any atom is -1.00 e. The second-order valence-corrected chi connectivity index (χ2v) is 11.0. The number of ether oxygens (including phenoxy) is 6. The maximum Gasteiger partial charge on any atom is 1.00 e. The molecule has 0 radical (unpaired) electrons. The number of aryl methyl sites for hydroxylation is 2. The van der Waals surface area contributed by atoms with Crippen molar-refractivity contribution in [3.8, 4) is 17.2 Å². The van der Waals surface area contributed by atoms with Gasteiger partial charge < -0.3 is 29.8 Å². The monoisotopic (exact) mass is 528 g/mol. The van der Waals surface area contributed by atoms with Crippen LogP contribution in [-0.4, -0.2) is 45.7 Å². The minimum absolute atomic E-state index is 0. The molecule has 2 aromatic carbocycles. The normalized spacial score (nSPS) is 14.1. The maximum atomic E-state index is 13.7. The van der Waals surface area contributed by atoms with Crippen molar-refractivity contribution in [1.82, 2.24) is 0 Å². The number of benzene rings is 2. The molecule has 37 heavy (non-hydrogen) atoms. The molecule has 0 aliphatic carbocycles. The third kappa shape index (κ3) is 9.28. The zero-order valence-electron chi connectivity index (χ0n) is 25.4. The Morgan fingerprint density at radius 2 is 1.19 bits per heavy atom. The van der Waals surface area contributed by atoms with E-state index in [4.69, 9.17) is 28.4 Å². The van der Waals surface area contributed by atoms with Gasteiger partial charge in [-0.05, 0) is 65.3 Å².